The molecule has 0 radical (unpaired) electrons. The lowest BCUT2D eigenvalue weighted by molar-refractivity contribution is -0.384. The van der Waals surface area contributed by atoms with Crippen molar-refractivity contribution in [2.45, 2.75) is 19.3 Å². The molecular formula is C14H9F3N4O4. The van der Waals surface area contributed by atoms with Gasteiger partial charge in [0.05, 0.1) is 11.5 Å². The van der Waals surface area contributed by atoms with Crippen LogP contribution < -0.4 is 10.5 Å². The second kappa shape index (κ2) is 5.69. The number of anilines is 1. The Hall–Kier alpha value is -3.24. The van der Waals surface area contributed by atoms with Crippen molar-refractivity contribution in [3.8, 4) is 0 Å². The summed E-state index contributed by atoms with van der Waals surface area (Å²) in [6, 6.07) is 5.51. The molecule has 1 aliphatic heterocycles. The first-order valence-corrected chi connectivity index (χ1v) is 6.89. The highest BCUT2D eigenvalue weighted by molar-refractivity contribution is 5.94. The lowest BCUT2D eigenvalue weighted by Crippen LogP contribution is -2.27. The maximum absolute atomic E-state index is 12.8. The van der Waals surface area contributed by atoms with Crippen LogP contribution in [0.3, 0.4) is 0 Å². The number of hydrogen-bond acceptors (Lipinski definition) is 5. The lowest BCUT2D eigenvalue weighted by atomic mass is 10.2. The largest absolute Gasteiger partial charge is 0.433 e. The van der Waals surface area contributed by atoms with Gasteiger partial charge in [0.15, 0.2) is 5.69 Å². The Morgan fingerprint density at radius 1 is 1.20 bits per heavy atom. The van der Waals surface area contributed by atoms with Gasteiger partial charge in [-0.15, -0.1) is 0 Å². The number of aromatic nitrogens is 2. The van der Waals surface area contributed by atoms with Gasteiger partial charge in [0, 0.05) is 18.2 Å². The minimum absolute atomic E-state index is 0.161. The highest BCUT2D eigenvalue weighted by Gasteiger charge is 2.37. The fourth-order valence-electron chi connectivity index (χ4n) is 2.39. The summed E-state index contributed by atoms with van der Waals surface area (Å²) in [5.74, 6) is -0.995. The van der Waals surface area contributed by atoms with Crippen molar-refractivity contribution in [2.75, 3.05) is 4.90 Å². The van der Waals surface area contributed by atoms with E-state index in [0.29, 0.717) is 11.6 Å². The molecule has 0 spiro atoms. The van der Waals surface area contributed by atoms with Crippen LogP contribution in [0.5, 0.6) is 0 Å². The van der Waals surface area contributed by atoms with Crippen LogP contribution in [0.4, 0.5) is 24.8 Å². The summed E-state index contributed by atoms with van der Waals surface area (Å²) in [5, 5.41) is 10.6. The number of carbonyl (C=O) groups is 1. The SMILES string of the molecule is O=C1Cn2c(nc(C(F)(F)F)cc2=O)N1Cc1ccc([N+](=O)[O-])cc1. The van der Waals surface area contributed by atoms with Crippen molar-refractivity contribution in [3.63, 3.8) is 0 Å². The molecule has 11 heteroatoms. The summed E-state index contributed by atoms with van der Waals surface area (Å²) in [5.41, 5.74) is -2.08. The van der Waals surface area contributed by atoms with Gasteiger partial charge < -0.3 is 0 Å². The van der Waals surface area contributed by atoms with Gasteiger partial charge in [-0.2, -0.15) is 13.2 Å². The standard InChI is InChI=1S/C14H9F3N4O4/c15-14(16,17)10-5-11(22)20-7-12(23)19(13(20)18-10)6-8-1-3-9(4-2-8)21(24)25/h1-5H,6-7H2. The fourth-order valence-corrected chi connectivity index (χ4v) is 2.39. The van der Waals surface area contributed by atoms with Gasteiger partial charge in [0.2, 0.25) is 11.9 Å². The van der Waals surface area contributed by atoms with Crippen LogP contribution in [0, 0.1) is 10.1 Å². The smallest absolute Gasteiger partial charge is 0.276 e. The highest BCUT2D eigenvalue weighted by Crippen LogP contribution is 2.30. The molecule has 1 aromatic heterocycles. The zero-order valence-electron chi connectivity index (χ0n) is 12.4. The molecule has 0 saturated heterocycles. The number of carbonyl (C=O) groups excluding carboxylic acids is 1. The quantitative estimate of drug-likeness (QED) is 0.617. The van der Waals surface area contributed by atoms with Crippen LogP contribution in [-0.2, 0) is 24.1 Å². The summed E-state index contributed by atoms with van der Waals surface area (Å²) in [4.78, 5) is 38.2. The van der Waals surface area contributed by atoms with E-state index >= 15 is 0 Å². The van der Waals surface area contributed by atoms with Gasteiger partial charge in [0.25, 0.3) is 11.2 Å². The van der Waals surface area contributed by atoms with Crippen molar-refractivity contribution < 1.29 is 22.9 Å². The number of hydrogen-bond donors (Lipinski definition) is 0. The summed E-state index contributed by atoms with van der Waals surface area (Å²) in [6.07, 6.45) is -4.82. The van der Waals surface area contributed by atoms with Crippen LogP contribution in [0.15, 0.2) is 35.1 Å². The zero-order chi connectivity index (χ0) is 18.4. The number of alkyl halides is 3. The third kappa shape index (κ3) is 3.07. The first kappa shape index (κ1) is 16.6. The molecule has 2 aromatic rings. The van der Waals surface area contributed by atoms with E-state index in [-0.39, 0.29) is 12.2 Å². The molecule has 0 saturated carbocycles. The zero-order valence-corrected chi connectivity index (χ0v) is 12.4. The molecule has 1 amide bonds. The number of non-ortho nitro benzene ring substituents is 1. The van der Waals surface area contributed by atoms with Crippen LogP contribution in [0.25, 0.3) is 0 Å². The van der Waals surface area contributed by atoms with Gasteiger partial charge in [-0.05, 0) is 5.56 Å². The number of rotatable bonds is 3. The predicted molar refractivity (Wildman–Crippen MR) is 77.8 cm³/mol. The molecule has 3 rings (SSSR count). The normalized spacial score (nSPS) is 13.9. The summed E-state index contributed by atoms with van der Waals surface area (Å²) < 4.78 is 39.3. The lowest BCUT2D eigenvalue weighted by Gasteiger charge is -2.16. The van der Waals surface area contributed by atoms with Gasteiger partial charge >= 0.3 is 6.18 Å². The number of benzene rings is 1. The van der Waals surface area contributed by atoms with E-state index in [1.165, 1.54) is 24.3 Å². The van der Waals surface area contributed by atoms with E-state index in [4.69, 9.17) is 0 Å². The molecule has 0 bridgehead atoms. The first-order valence-electron chi connectivity index (χ1n) is 6.89. The molecule has 0 unspecified atom stereocenters. The van der Waals surface area contributed by atoms with Crippen molar-refractivity contribution in [1.82, 2.24) is 9.55 Å². The number of nitrogens with zero attached hydrogens (tertiary/aromatic N) is 4. The Labute approximate surface area is 137 Å². The van der Waals surface area contributed by atoms with Crippen molar-refractivity contribution in [2.24, 2.45) is 0 Å². The summed E-state index contributed by atoms with van der Waals surface area (Å²) in [7, 11) is 0. The molecule has 1 aromatic carbocycles. The molecule has 0 fully saturated rings. The van der Waals surface area contributed by atoms with E-state index in [9.17, 15) is 32.9 Å². The number of nitro benzene ring substituents is 1. The van der Waals surface area contributed by atoms with Gasteiger partial charge in [-0.25, -0.2) is 4.98 Å². The van der Waals surface area contributed by atoms with Crippen molar-refractivity contribution in [3.05, 3.63) is 62.1 Å². The molecule has 2 heterocycles. The molecule has 8 nitrogen and oxygen atoms in total. The Morgan fingerprint density at radius 3 is 2.40 bits per heavy atom. The van der Waals surface area contributed by atoms with Crippen LogP contribution >= 0.6 is 0 Å². The third-order valence-corrected chi connectivity index (χ3v) is 3.60. The number of halogens is 3. The third-order valence-electron chi connectivity index (χ3n) is 3.60. The monoisotopic (exact) mass is 354 g/mol. The molecule has 130 valence electrons. The Balaban J connectivity index is 1.97. The van der Waals surface area contributed by atoms with Crippen LogP contribution in [-0.4, -0.2) is 20.4 Å². The second-order valence-corrected chi connectivity index (χ2v) is 5.27. The Kier molecular flexibility index (Phi) is 3.78. The van der Waals surface area contributed by atoms with E-state index in [2.05, 4.69) is 4.98 Å². The summed E-state index contributed by atoms with van der Waals surface area (Å²) in [6.45, 7) is -0.573. The molecule has 0 aliphatic carbocycles. The molecular weight excluding hydrogens is 345 g/mol. The second-order valence-electron chi connectivity index (χ2n) is 5.27. The number of fused-ring (bicyclic) bond motifs is 1. The van der Waals surface area contributed by atoms with Crippen LogP contribution in [0.2, 0.25) is 0 Å². The van der Waals surface area contributed by atoms with Crippen molar-refractivity contribution >= 4 is 17.5 Å². The van der Waals surface area contributed by atoms with Gasteiger partial charge in [-0.1, -0.05) is 12.1 Å². The van der Waals surface area contributed by atoms with E-state index in [0.717, 1.165) is 9.47 Å². The fraction of sp³-hybridized carbons (Fsp3) is 0.214. The average molecular weight is 354 g/mol. The van der Waals surface area contributed by atoms with E-state index < -0.39 is 40.8 Å². The molecule has 0 N–H and O–H groups in total. The molecule has 25 heavy (non-hydrogen) atoms. The van der Waals surface area contributed by atoms with Gasteiger partial charge in [0.1, 0.15) is 6.54 Å². The van der Waals surface area contributed by atoms with Crippen molar-refractivity contribution in [1.29, 1.82) is 0 Å². The maximum Gasteiger partial charge on any atom is 0.433 e. The van der Waals surface area contributed by atoms with E-state index in [1.807, 2.05) is 0 Å². The topological polar surface area (TPSA) is 98.3 Å². The number of amides is 1. The highest BCUT2D eigenvalue weighted by atomic mass is 19.4. The minimum Gasteiger partial charge on any atom is -0.276 e. The summed E-state index contributed by atoms with van der Waals surface area (Å²) >= 11 is 0. The molecule has 0 atom stereocenters. The number of nitro groups is 1. The predicted octanol–water partition coefficient (Wildman–Crippen LogP) is 1.72. The average Bonchev–Trinajstić information content (AvgIpc) is 2.84. The first-order chi connectivity index (χ1) is 11.7. The minimum atomic E-state index is -4.82. The van der Waals surface area contributed by atoms with Gasteiger partial charge in [-0.3, -0.25) is 29.2 Å². The Bertz CT molecular complexity index is 921. The van der Waals surface area contributed by atoms with Crippen LogP contribution in [0.1, 0.15) is 11.3 Å². The molecule has 1 aliphatic rings. The van der Waals surface area contributed by atoms with E-state index in [1.54, 1.807) is 0 Å². The Morgan fingerprint density at radius 2 is 1.84 bits per heavy atom. The maximum atomic E-state index is 12.8.